The van der Waals surface area contributed by atoms with E-state index in [0.29, 0.717) is 12.2 Å². The fraction of sp³-hybridized carbons (Fsp3) is 0.0667. The molecule has 21 heavy (non-hydrogen) atoms. The lowest BCUT2D eigenvalue weighted by Crippen LogP contribution is -2.10. The Morgan fingerprint density at radius 1 is 1.19 bits per heavy atom. The number of carboxylic acids is 1. The van der Waals surface area contributed by atoms with Crippen LogP contribution >= 0.6 is 0 Å². The van der Waals surface area contributed by atoms with E-state index in [4.69, 9.17) is 0 Å². The van der Waals surface area contributed by atoms with Crippen LogP contribution in [0.4, 0.5) is 0 Å². The highest BCUT2D eigenvalue weighted by Crippen LogP contribution is 2.18. The molecule has 104 valence electrons. The van der Waals surface area contributed by atoms with Crippen LogP contribution in [0.25, 0.3) is 11.4 Å². The summed E-state index contributed by atoms with van der Waals surface area (Å²) in [7, 11) is 0. The number of aromatic carboxylic acids is 1. The number of aromatic nitrogens is 4. The van der Waals surface area contributed by atoms with Crippen LogP contribution in [-0.4, -0.2) is 30.6 Å². The number of benzene rings is 1. The molecule has 6 nitrogen and oxygen atoms in total. The van der Waals surface area contributed by atoms with Crippen molar-refractivity contribution in [2.45, 2.75) is 6.54 Å². The standard InChI is InChI=1S/C15H12N4O2/c20-15(21)12-8-16-10-18-13(12)9-19-7-6-17-14(19)11-4-2-1-3-5-11/h1-8,10H,9H2,(H,20,21). The Labute approximate surface area is 120 Å². The van der Waals surface area contributed by atoms with E-state index in [1.54, 1.807) is 12.4 Å². The number of hydrogen-bond donors (Lipinski definition) is 1. The van der Waals surface area contributed by atoms with E-state index in [9.17, 15) is 9.90 Å². The third kappa shape index (κ3) is 2.64. The van der Waals surface area contributed by atoms with E-state index in [0.717, 1.165) is 11.4 Å². The highest BCUT2D eigenvalue weighted by molar-refractivity contribution is 5.88. The molecular weight excluding hydrogens is 268 g/mol. The number of rotatable bonds is 4. The van der Waals surface area contributed by atoms with Gasteiger partial charge in [0.2, 0.25) is 0 Å². The molecule has 1 aromatic carbocycles. The van der Waals surface area contributed by atoms with Crippen molar-refractivity contribution in [2.75, 3.05) is 0 Å². The highest BCUT2D eigenvalue weighted by atomic mass is 16.4. The van der Waals surface area contributed by atoms with Gasteiger partial charge in [-0.15, -0.1) is 0 Å². The van der Waals surface area contributed by atoms with Crippen LogP contribution in [0.2, 0.25) is 0 Å². The Hall–Kier alpha value is -3.02. The zero-order chi connectivity index (χ0) is 14.7. The van der Waals surface area contributed by atoms with E-state index in [1.165, 1.54) is 12.5 Å². The van der Waals surface area contributed by atoms with Crippen molar-refractivity contribution in [2.24, 2.45) is 0 Å². The summed E-state index contributed by atoms with van der Waals surface area (Å²) < 4.78 is 1.87. The molecule has 0 aliphatic heterocycles. The predicted molar refractivity (Wildman–Crippen MR) is 75.8 cm³/mol. The van der Waals surface area contributed by atoms with Crippen molar-refractivity contribution in [3.8, 4) is 11.4 Å². The Bertz CT molecular complexity index is 768. The van der Waals surface area contributed by atoms with Crippen molar-refractivity contribution in [1.82, 2.24) is 19.5 Å². The van der Waals surface area contributed by atoms with E-state index in [-0.39, 0.29) is 5.56 Å². The molecule has 0 unspecified atom stereocenters. The van der Waals surface area contributed by atoms with Crippen LogP contribution in [0.15, 0.2) is 55.2 Å². The topological polar surface area (TPSA) is 80.9 Å². The zero-order valence-corrected chi connectivity index (χ0v) is 11.0. The van der Waals surface area contributed by atoms with Gasteiger partial charge in [0.1, 0.15) is 17.7 Å². The average Bonchev–Trinajstić information content (AvgIpc) is 2.96. The van der Waals surface area contributed by atoms with Gasteiger partial charge in [0.15, 0.2) is 0 Å². The summed E-state index contributed by atoms with van der Waals surface area (Å²) in [6.45, 7) is 0.328. The van der Waals surface area contributed by atoms with Crippen molar-refractivity contribution in [3.05, 3.63) is 66.5 Å². The quantitative estimate of drug-likeness (QED) is 0.791. The second kappa shape index (κ2) is 5.54. The summed E-state index contributed by atoms with van der Waals surface area (Å²) in [6, 6.07) is 9.71. The molecular formula is C15H12N4O2. The van der Waals surface area contributed by atoms with Gasteiger partial charge in [-0.25, -0.2) is 19.7 Å². The Kier molecular flexibility index (Phi) is 3.42. The second-order valence-corrected chi connectivity index (χ2v) is 4.43. The first-order valence-electron chi connectivity index (χ1n) is 6.34. The first-order chi connectivity index (χ1) is 10.3. The van der Waals surface area contributed by atoms with E-state index < -0.39 is 5.97 Å². The highest BCUT2D eigenvalue weighted by Gasteiger charge is 2.13. The number of carboxylic acid groups (broad SMARTS) is 1. The van der Waals surface area contributed by atoms with Gasteiger partial charge in [0.05, 0.1) is 12.2 Å². The first-order valence-corrected chi connectivity index (χ1v) is 6.34. The summed E-state index contributed by atoms with van der Waals surface area (Å²) in [6.07, 6.45) is 6.14. The minimum atomic E-state index is -1.04. The van der Waals surface area contributed by atoms with Gasteiger partial charge < -0.3 is 9.67 Å². The molecule has 2 heterocycles. The molecule has 0 radical (unpaired) electrons. The lowest BCUT2D eigenvalue weighted by molar-refractivity contribution is 0.0694. The maximum atomic E-state index is 11.2. The second-order valence-electron chi connectivity index (χ2n) is 4.43. The number of imidazole rings is 1. The van der Waals surface area contributed by atoms with Gasteiger partial charge in [0, 0.05) is 24.2 Å². The Morgan fingerprint density at radius 3 is 2.76 bits per heavy atom. The smallest absolute Gasteiger partial charge is 0.339 e. The van der Waals surface area contributed by atoms with E-state index in [2.05, 4.69) is 15.0 Å². The van der Waals surface area contributed by atoms with Gasteiger partial charge in [-0.1, -0.05) is 30.3 Å². The van der Waals surface area contributed by atoms with Crippen molar-refractivity contribution in [3.63, 3.8) is 0 Å². The van der Waals surface area contributed by atoms with Crippen LogP contribution in [0.3, 0.4) is 0 Å². The molecule has 0 aliphatic rings. The number of hydrogen-bond acceptors (Lipinski definition) is 4. The predicted octanol–water partition coefficient (Wildman–Crippen LogP) is 2.09. The maximum Gasteiger partial charge on any atom is 0.339 e. The van der Waals surface area contributed by atoms with Crippen LogP contribution in [0.5, 0.6) is 0 Å². The number of nitrogens with zero attached hydrogens (tertiary/aromatic N) is 4. The fourth-order valence-electron chi connectivity index (χ4n) is 2.11. The summed E-state index contributed by atoms with van der Waals surface area (Å²) in [5.41, 5.74) is 1.52. The van der Waals surface area contributed by atoms with Crippen molar-refractivity contribution < 1.29 is 9.90 Å². The summed E-state index contributed by atoms with van der Waals surface area (Å²) in [4.78, 5) is 23.4. The molecule has 2 aromatic heterocycles. The first kappa shape index (κ1) is 13.0. The molecule has 3 rings (SSSR count). The molecule has 0 saturated carbocycles. The largest absolute Gasteiger partial charge is 0.478 e. The maximum absolute atomic E-state index is 11.2. The molecule has 1 N–H and O–H groups in total. The van der Waals surface area contributed by atoms with Crippen molar-refractivity contribution >= 4 is 5.97 Å². The molecule has 0 amide bonds. The fourth-order valence-corrected chi connectivity index (χ4v) is 2.11. The van der Waals surface area contributed by atoms with Crippen LogP contribution in [-0.2, 0) is 6.54 Å². The lowest BCUT2D eigenvalue weighted by Gasteiger charge is -2.09. The minimum Gasteiger partial charge on any atom is -0.478 e. The van der Waals surface area contributed by atoms with Gasteiger partial charge in [0.25, 0.3) is 0 Å². The van der Waals surface area contributed by atoms with Crippen LogP contribution in [0.1, 0.15) is 16.1 Å². The summed E-state index contributed by atoms with van der Waals surface area (Å²) >= 11 is 0. The lowest BCUT2D eigenvalue weighted by atomic mass is 10.2. The Balaban J connectivity index is 1.98. The third-order valence-electron chi connectivity index (χ3n) is 3.09. The number of carbonyl (C=O) groups is 1. The SMILES string of the molecule is O=C(O)c1cncnc1Cn1ccnc1-c1ccccc1. The van der Waals surface area contributed by atoms with Gasteiger partial charge in [-0.3, -0.25) is 0 Å². The van der Waals surface area contributed by atoms with Crippen molar-refractivity contribution in [1.29, 1.82) is 0 Å². The molecule has 0 aliphatic carbocycles. The molecule has 0 spiro atoms. The zero-order valence-electron chi connectivity index (χ0n) is 11.0. The summed E-state index contributed by atoms with van der Waals surface area (Å²) in [5, 5.41) is 9.18. The van der Waals surface area contributed by atoms with Gasteiger partial charge in [-0.05, 0) is 0 Å². The van der Waals surface area contributed by atoms with Gasteiger partial charge in [-0.2, -0.15) is 0 Å². The molecule has 0 bridgehead atoms. The average molecular weight is 280 g/mol. The van der Waals surface area contributed by atoms with E-state index in [1.807, 2.05) is 34.9 Å². The normalized spacial score (nSPS) is 10.5. The van der Waals surface area contributed by atoms with Gasteiger partial charge >= 0.3 is 5.97 Å². The van der Waals surface area contributed by atoms with E-state index >= 15 is 0 Å². The molecule has 6 heteroatoms. The Morgan fingerprint density at radius 2 is 2.00 bits per heavy atom. The molecule has 0 saturated heterocycles. The molecule has 0 atom stereocenters. The molecule has 3 aromatic rings. The third-order valence-corrected chi connectivity index (χ3v) is 3.09. The van der Waals surface area contributed by atoms with Crippen LogP contribution in [0, 0.1) is 0 Å². The van der Waals surface area contributed by atoms with Crippen LogP contribution < -0.4 is 0 Å². The monoisotopic (exact) mass is 280 g/mol. The summed E-state index contributed by atoms with van der Waals surface area (Å²) in [5.74, 6) is -0.266. The minimum absolute atomic E-state index is 0.102. The molecule has 0 fully saturated rings.